The van der Waals surface area contributed by atoms with E-state index in [2.05, 4.69) is 37.1 Å². The maximum absolute atomic E-state index is 12.0. The van der Waals surface area contributed by atoms with Crippen molar-refractivity contribution in [1.82, 2.24) is 0 Å². The molecule has 0 heterocycles. The van der Waals surface area contributed by atoms with Crippen molar-refractivity contribution < 1.29 is 4.39 Å². The molecule has 0 unspecified atom stereocenters. The Morgan fingerprint density at radius 2 is 1.46 bits per heavy atom. The molecule has 0 N–H and O–H groups in total. The van der Waals surface area contributed by atoms with E-state index in [1.54, 1.807) is 0 Å². The summed E-state index contributed by atoms with van der Waals surface area (Å²) < 4.78 is 12.0. The van der Waals surface area contributed by atoms with Crippen LogP contribution in [0, 0.1) is 18.0 Å². The van der Waals surface area contributed by atoms with Crippen LogP contribution in [0.4, 0.5) is 4.39 Å². The summed E-state index contributed by atoms with van der Waals surface area (Å²) in [5.41, 5.74) is 4.55. The molecular weight excluding hydrogens is 295 g/mol. The summed E-state index contributed by atoms with van der Waals surface area (Å²) >= 11 is 0. The Bertz CT molecular complexity index is 692. The molecule has 1 fully saturated rings. The normalized spacial score (nSPS) is 20.2. The van der Waals surface area contributed by atoms with Crippen LogP contribution >= 0.6 is 0 Å². The zero-order valence-corrected chi connectivity index (χ0v) is 14.4. The van der Waals surface area contributed by atoms with Crippen LogP contribution in [-0.4, -0.2) is 0 Å². The monoisotopic (exact) mass is 320 g/mol. The molecule has 1 aliphatic rings. The maximum Gasteiger partial charge on any atom is 0.111 e. The highest BCUT2D eigenvalue weighted by Gasteiger charge is 2.21. The van der Waals surface area contributed by atoms with Crippen LogP contribution in [0.1, 0.15) is 62.5 Å². The van der Waals surface area contributed by atoms with E-state index < -0.39 is 0 Å². The van der Waals surface area contributed by atoms with Crippen LogP contribution in [0.15, 0.2) is 48.5 Å². The number of hydrogen-bond donors (Lipinski definition) is 0. The van der Waals surface area contributed by atoms with Crippen molar-refractivity contribution in [1.29, 1.82) is 0 Å². The van der Waals surface area contributed by atoms with E-state index >= 15 is 0 Å². The van der Waals surface area contributed by atoms with Gasteiger partial charge in [-0.25, -0.2) is 0 Å². The lowest BCUT2D eigenvalue weighted by atomic mass is 9.77. The standard InChI is InChI=1S/C23H25F/c1-2-3-18-4-8-20(9-5-18)22-12-14-23(15-13-22)21-10-6-19(7-11-21)16-17-24/h6-7,10-15,18,20H,2-5,8-9H2,1H3. The number of halogens is 1. The topological polar surface area (TPSA) is 0 Å². The average Bonchev–Trinajstić information content (AvgIpc) is 2.64. The zero-order valence-electron chi connectivity index (χ0n) is 14.4. The Kier molecular flexibility index (Phi) is 5.70. The predicted octanol–water partition coefficient (Wildman–Crippen LogP) is 6.71. The molecule has 1 aliphatic carbocycles. The molecule has 0 aliphatic heterocycles. The van der Waals surface area contributed by atoms with Crippen molar-refractivity contribution in [3.05, 3.63) is 59.7 Å². The number of benzene rings is 2. The zero-order chi connectivity index (χ0) is 16.8. The molecule has 1 heteroatoms. The van der Waals surface area contributed by atoms with Crippen LogP contribution in [-0.2, 0) is 0 Å². The third kappa shape index (κ3) is 4.06. The Hall–Kier alpha value is -2.07. The average molecular weight is 320 g/mol. The minimum Gasteiger partial charge on any atom is -0.144 e. The highest BCUT2D eigenvalue weighted by Crippen LogP contribution is 2.37. The molecule has 2 aromatic carbocycles. The minimum absolute atomic E-state index is 0.710. The molecule has 2 aromatic rings. The quantitative estimate of drug-likeness (QED) is 0.549. The first-order valence-corrected chi connectivity index (χ1v) is 9.12. The summed E-state index contributed by atoms with van der Waals surface area (Å²) in [4.78, 5) is 0. The Morgan fingerprint density at radius 1 is 0.875 bits per heavy atom. The Labute approximate surface area is 145 Å². The fraction of sp³-hybridized carbons (Fsp3) is 0.391. The van der Waals surface area contributed by atoms with Crippen LogP contribution < -0.4 is 0 Å². The first-order chi connectivity index (χ1) is 11.8. The minimum atomic E-state index is 0.710. The van der Waals surface area contributed by atoms with Crippen molar-refractivity contribution in [3.8, 4) is 23.2 Å². The molecule has 0 radical (unpaired) electrons. The molecule has 124 valence electrons. The van der Waals surface area contributed by atoms with E-state index in [0.717, 1.165) is 17.4 Å². The van der Waals surface area contributed by atoms with Gasteiger partial charge in [0.25, 0.3) is 0 Å². The summed E-state index contributed by atoms with van der Waals surface area (Å²) in [6, 6.07) is 16.7. The van der Waals surface area contributed by atoms with Crippen LogP contribution in [0.5, 0.6) is 0 Å². The molecule has 3 rings (SSSR count). The van der Waals surface area contributed by atoms with Gasteiger partial charge in [0.1, 0.15) is 6.17 Å². The van der Waals surface area contributed by atoms with E-state index in [9.17, 15) is 4.39 Å². The number of hydrogen-bond acceptors (Lipinski definition) is 0. The Morgan fingerprint density at radius 3 is 2.00 bits per heavy atom. The Balaban J connectivity index is 1.66. The summed E-state index contributed by atoms with van der Waals surface area (Å²) in [5, 5.41) is 0. The summed E-state index contributed by atoms with van der Waals surface area (Å²) in [5.74, 6) is 4.12. The second-order valence-corrected chi connectivity index (χ2v) is 6.93. The molecule has 0 bridgehead atoms. The van der Waals surface area contributed by atoms with Gasteiger partial charge < -0.3 is 0 Å². The van der Waals surface area contributed by atoms with Gasteiger partial charge in [0.15, 0.2) is 0 Å². The lowest BCUT2D eigenvalue weighted by Crippen LogP contribution is -2.13. The second kappa shape index (κ2) is 8.15. The van der Waals surface area contributed by atoms with Gasteiger partial charge in [0, 0.05) is 5.56 Å². The van der Waals surface area contributed by atoms with E-state index in [1.807, 2.05) is 24.3 Å². The van der Waals surface area contributed by atoms with E-state index in [-0.39, 0.29) is 0 Å². The van der Waals surface area contributed by atoms with Crippen molar-refractivity contribution in [2.45, 2.75) is 51.4 Å². The van der Waals surface area contributed by atoms with Gasteiger partial charge in [-0.2, -0.15) is 0 Å². The van der Waals surface area contributed by atoms with Crippen molar-refractivity contribution in [3.63, 3.8) is 0 Å². The first kappa shape index (κ1) is 16.8. The molecule has 0 aromatic heterocycles. The van der Waals surface area contributed by atoms with E-state index in [4.69, 9.17) is 0 Å². The molecule has 0 saturated heterocycles. The van der Waals surface area contributed by atoms with Gasteiger partial charge in [-0.05, 0) is 72.3 Å². The molecule has 24 heavy (non-hydrogen) atoms. The molecule has 0 amide bonds. The summed E-state index contributed by atoms with van der Waals surface area (Å²) in [7, 11) is 0. The van der Waals surface area contributed by atoms with Crippen LogP contribution in [0.2, 0.25) is 0 Å². The first-order valence-electron chi connectivity index (χ1n) is 9.12. The third-order valence-electron chi connectivity index (χ3n) is 5.34. The highest BCUT2D eigenvalue weighted by molar-refractivity contribution is 5.64. The lowest BCUT2D eigenvalue weighted by molar-refractivity contribution is 0.308. The molecule has 0 atom stereocenters. The van der Waals surface area contributed by atoms with Crippen LogP contribution in [0.3, 0.4) is 0 Å². The fourth-order valence-electron chi connectivity index (χ4n) is 3.94. The fourth-order valence-corrected chi connectivity index (χ4v) is 3.94. The van der Waals surface area contributed by atoms with E-state index in [1.165, 1.54) is 55.8 Å². The largest absolute Gasteiger partial charge is 0.144 e. The van der Waals surface area contributed by atoms with Crippen molar-refractivity contribution >= 4 is 0 Å². The van der Waals surface area contributed by atoms with Gasteiger partial charge in [0.2, 0.25) is 0 Å². The van der Waals surface area contributed by atoms with Crippen molar-refractivity contribution in [2.75, 3.05) is 0 Å². The maximum atomic E-state index is 12.0. The molecule has 0 nitrogen and oxygen atoms in total. The van der Waals surface area contributed by atoms with Gasteiger partial charge in [-0.15, -0.1) is 4.39 Å². The van der Waals surface area contributed by atoms with E-state index in [0.29, 0.717) is 5.56 Å². The predicted molar refractivity (Wildman–Crippen MR) is 99.5 cm³/mol. The third-order valence-corrected chi connectivity index (χ3v) is 5.34. The smallest absolute Gasteiger partial charge is 0.111 e. The lowest BCUT2D eigenvalue weighted by Gasteiger charge is -2.28. The van der Waals surface area contributed by atoms with Gasteiger partial charge >= 0.3 is 0 Å². The molecule has 1 saturated carbocycles. The van der Waals surface area contributed by atoms with Gasteiger partial charge in [-0.3, -0.25) is 0 Å². The van der Waals surface area contributed by atoms with Gasteiger partial charge in [0.05, 0.1) is 0 Å². The summed E-state index contributed by atoms with van der Waals surface area (Å²) in [6.07, 6.45) is 9.60. The number of rotatable bonds is 4. The summed E-state index contributed by atoms with van der Waals surface area (Å²) in [6.45, 7) is 2.29. The van der Waals surface area contributed by atoms with Gasteiger partial charge in [-0.1, -0.05) is 56.2 Å². The highest BCUT2D eigenvalue weighted by atomic mass is 19.1. The SMILES string of the molecule is CCCC1CCC(c2ccc(-c3ccc(C#CF)cc3)cc2)CC1. The second-order valence-electron chi connectivity index (χ2n) is 6.93. The molecule has 0 spiro atoms. The molecular formula is C23H25F. The van der Waals surface area contributed by atoms with Crippen LogP contribution in [0.25, 0.3) is 11.1 Å². The van der Waals surface area contributed by atoms with Crippen molar-refractivity contribution in [2.24, 2.45) is 5.92 Å².